The van der Waals surface area contributed by atoms with Crippen LogP contribution in [0.2, 0.25) is 0 Å². The molecule has 1 aliphatic rings. The summed E-state index contributed by atoms with van der Waals surface area (Å²) < 4.78 is 10.4. The molecule has 0 aromatic rings. The molecule has 0 aromatic carbocycles. The summed E-state index contributed by atoms with van der Waals surface area (Å²) in [6.45, 7) is 6.98. The molecule has 0 radical (unpaired) electrons. The Morgan fingerprint density at radius 1 is 1.53 bits per heavy atom. The first-order valence-corrected chi connectivity index (χ1v) is 5.20. The Morgan fingerprint density at radius 2 is 2.20 bits per heavy atom. The smallest absolute Gasteiger partial charge is 0.252 e. The predicted octanol–water partition coefficient (Wildman–Crippen LogP) is -0.356. The largest absolute Gasteiger partial charge is 0.376 e. The molecule has 2 atom stereocenters. The molecule has 1 saturated heterocycles. The maximum Gasteiger partial charge on any atom is 0.252 e. The quantitative estimate of drug-likeness (QED) is 0.676. The lowest BCUT2D eigenvalue weighted by atomic mass is 9.96. The van der Waals surface area contributed by atoms with Gasteiger partial charge in [0, 0.05) is 11.6 Å². The van der Waals surface area contributed by atoms with Crippen LogP contribution < -0.4 is 11.1 Å². The lowest BCUT2D eigenvalue weighted by molar-refractivity contribution is -0.149. The number of hydrogen-bond donors (Lipinski definition) is 2. The van der Waals surface area contributed by atoms with Crippen LogP contribution in [0.4, 0.5) is 0 Å². The van der Waals surface area contributed by atoms with E-state index in [1.807, 2.05) is 20.8 Å². The zero-order valence-corrected chi connectivity index (χ0v) is 9.58. The summed E-state index contributed by atoms with van der Waals surface area (Å²) in [7, 11) is 0. The Morgan fingerprint density at radius 3 is 2.67 bits per heavy atom. The first kappa shape index (κ1) is 12.4. The average molecular weight is 216 g/mol. The van der Waals surface area contributed by atoms with Crippen LogP contribution in [0.15, 0.2) is 0 Å². The SMILES string of the molecule is CC(N)C(C)(C)NC(=O)C1COCCO1. The molecule has 1 amide bonds. The van der Waals surface area contributed by atoms with Gasteiger partial charge in [0.15, 0.2) is 6.10 Å². The summed E-state index contributed by atoms with van der Waals surface area (Å²) >= 11 is 0. The van der Waals surface area contributed by atoms with Crippen LogP contribution in [0.3, 0.4) is 0 Å². The number of nitrogens with two attached hydrogens (primary N) is 1. The van der Waals surface area contributed by atoms with Crippen molar-refractivity contribution in [2.45, 2.75) is 38.5 Å². The average Bonchev–Trinajstić information content (AvgIpc) is 2.18. The molecular weight excluding hydrogens is 196 g/mol. The van der Waals surface area contributed by atoms with Crippen LogP contribution in [0.1, 0.15) is 20.8 Å². The van der Waals surface area contributed by atoms with Crippen LogP contribution >= 0.6 is 0 Å². The van der Waals surface area contributed by atoms with Crippen molar-refractivity contribution < 1.29 is 14.3 Å². The molecule has 3 N–H and O–H groups in total. The molecule has 1 aliphatic heterocycles. The highest BCUT2D eigenvalue weighted by Gasteiger charge is 2.30. The van der Waals surface area contributed by atoms with Crippen molar-refractivity contribution in [2.24, 2.45) is 5.73 Å². The fourth-order valence-corrected chi connectivity index (χ4v) is 1.15. The van der Waals surface area contributed by atoms with Gasteiger partial charge in [-0.05, 0) is 20.8 Å². The number of ether oxygens (including phenoxy) is 2. The standard InChI is InChI=1S/C10H20N2O3/c1-7(11)10(2,3)12-9(13)8-6-14-4-5-15-8/h7-8H,4-6,11H2,1-3H3,(H,12,13). The molecule has 0 aromatic heterocycles. The molecule has 0 aliphatic carbocycles. The van der Waals surface area contributed by atoms with Crippen molar-refractivity contribution in [1.82, 2.24) is 5.32 Å². The molecule has 2 unspecified atom stereocenters. The Bertz CT molecular complexity index is 223. The topological polar surface area (TPSA) is 73.6 Å². The molecule has 0 bridgehead atoms. The van der Waals surface area contributed by atoms with Crippen molar-refractivity contribution >= 4 is 5.91 Å². The monoisotopic (exact) mass is 216 g/mol. The fourth-order valence-electron chi connectivity index (χ4n) is 1.15. The van der Waals surface area contributed by atoms with E-state index in [2.05, 4.69) is 5.32 Å². The third-order valence-electron chi connectivity index (χ3n) is 2.69. The third-order valence-corrected chi connectivity index (χ3v) is 2.69. The van der Waals surface area contributed by atoms with Crippen molar-refractivity contribution in [3.05, 3.63) is 0 Å². The van der Waals surface area contributed by atoms with Gasteiger partial charge in [-0.25, -0.2) is 0 Å². The van der Waals surface area contributed by atoms with Gasteiger partial charge in [0.2, 0.25) is 0 Å². The number of hydrogen-bond acceptors (Lipinski definition) is 4. The Kier molecular flexibility index (Phi) is 4.07. The van der Waals surface area contributed by atoms with Gasteiger partial charge in [-0.3, -0.25) is 4.79 Å². The zero-order chi connectivity index (χ0) is 11.5. The summed E-state index contributed by atoms with van der Waals surface area (Å²) in [5, 5.41) is 2.86. The number of nitrogens with one attached hydrogen (secondary N) is 1. The normalized spacial score (nSPS) is 24.7. The molecule has 1 rings (SSSR count). The van der Waals surface area contributed by atoms with Crippen LogP contribution in [-0.4, -0.2) is 43.4 Å². The van der Waals surface area contributed by atoms with Gasteiger partial charge in [0.1, 0.15) is 0 Å². The van der Waals surface area contributed by atoms with Crippen LogP contribution in [0, 0.1) is 0 Å². The van der Waals surface area contributed by atoms with Crippen LogP contribution in [0.25, 0.3) is 0 Å². The summed E-state index contributed by atoms with van der Waals surface area (Å²) in [6.07, 6.45) is -0.503. The first-order valence-electron chi connectivity index (χ1n) is 5.20. The molecule has 15 heavy (non-hydrogen) atoms. The molecule has 5 heteroatoms. The minimum atomic E-state index is -0.503. The van der Waals surface area contributed by atoms with Crippen molar-refractivity contribution in [1.29, 1.82) is 0 Å². The highest BCUT2D eigenvalue weighted by Crippen LogP contribution is 2.08. The first-order chi connectivity index (χ1) is 6.93. The molecule has 5 nitrogen and oxygen atoms in total. The maximum atomic E-state index is 11.7. The van der Waals surface area contributed by atoms with E-state index in [1.165, 1.54) is 0 Å². The van der Waals surface area contributed by atoms with Gasteiger partial charge in [-0.15, -0.1) is 0 Å². The summed E-state index contributed by atoms with van der Waals surface area (Å²) in [6, 6.07) is -0.119. The van der Waals surface area contributed by atoms with E-state index >= 15 is 0 Å². The van der Waals surface area contributed by atoms with Crippen molar-refractivity contribution in [2.75, 3.05) is 19.8 Å². The van der Waals surface area contributed by atoms with Gasteiger partial charge in [0.25, 0.3) is 5.91 Å². The van der Waals surface area contributed by atoms with Gasteiger partial charge >= 0.3 is 0 Å². The van der Waals surface area contributed by atoms with Gasteiger partial charge in [0.05, 0.1) is 19.8 Å². The summed E-state index contributed by atoms with van der Waals surface area (Å²) in [5.74, 6) is -0.156. The Labute approximate surface area is 90.3 Å². The van der Waals surface area contributed by atoms with Gasteiger partial charge in [-0.2, -0.15) is 0 Å². The second-order valence-electron chi connectivity index (χ2n) is 4.43. The fraction of sp³-hybridized carbons (Fsp3) is 0.900. The maximum absolute atomic E-state index is 11.7. The summed E-state index contributed by atoms with van der Waals surface area (Å²) in [4.78, 5) is 11.7. The molecule has 1 heterocycles. The van der Waals surface area contributed by atoms with E-state index in [4.69, 9.17) is 15.2 Å². The summed E-state index contributed by atoms with van der Waals surface area (Å²) in [5.41, 5.74) is 5.33. The number of amides is 1. The lowest BCUT2D eigenvalue weighted by Crippen LogP contribution is -2.58. The van der Waals surface area contributed by atoms with E-state index in [9.17, 15) is 4.79 Å². The van der Waals surface area contributed by atoms with Gasteiger partial charge < -0.3 is 20.5 Å². The predicted molar refractivity (Wildman–Crippen MR) is 56.4 cm³/mol. The van der Waals surface area contributed by atoms with Crippen LogP contribution in [0.5, 0.6) is 0 Å². The van der Waals surface area contributed by atoms with E-state index in [0.29, 0.717) is 19.8 Å². The zero-order valence-electron chi connectivity index (χ0n) is 9.58. The molecule has 0 saturated carbocycles. The van der Waals surface area contributed by atoms with Gasteiger partial charge in [-0.1, -0.05) is 0 Å². The molecule has 1 fully saturated rings. The Balaban J connectivity index is 2.47. The third kappa shape index (κ3) is 3.44. The number of carbonyl (C=O) groups excluding carboxylic acids is 1. The minimum absolute atomic E-state index is 0.119. The van der Waals surface area contributed by atoms with E-state index in [0.717, 1.165) is 0 Å². The highest BCUT2D eigenvalue weighted by molar-refractivity contribution is 5.81. The molecular formula is C10H20N2O3. The second-order valence-corrected chi connectivity index (χ2v) is 4.43. The molecule has 88 valence electrons. The van der Waals surface area contributed by atoms with E-state index < -0.39 is 11.6 Å². The number of rotatable bonds is 3. The van der Waals surface area contributed by atoms with Crippen molar-refractivity contribution in [3.8, 4) is 0 Å². The lowest BCUT2D eigenvalue weighted by Gasteiger charge is -2.32. The number of carbonyl (C=O) groups is 1. The van der Waals surface area contributed by atoms with Crippen molar-refractivity contribution in [3.63, 3.8) is 0 Å². The molecule has 0 spiro atoms. The van der Waals surface area contributed by atoms with E-state index in [1.54, 1.807) is 0 Å². The Hall–Kier alpha value is -0.650. The highest BCUT2D eigenvalue weighted by atomic mass is 16.6. The van der Waals surface area contributed by atoms with E-state index in [-0.39, 0.29) is 11.9 Å². The minimum Gasteiger partial charge on any atom is -0.376 e. The second kappa shape index (κ2) is 4.92. The van der Waals surface area contributed by atoms with Crippen LogP contribution in [-0.2, 0) is 14.3 Å².